The molecule has 27 heavy (non-hydrogen) atoms. The molecule has 0 saturated carbocycles. The SMILES string of the molecule is CCCOc1ccc(F)c2c(=O)c(I)c(C(F)(F)F)[nH]c12.O=C([O-])[O-].[K+].[K+]. The van der Waals surface area contributed by atoms with Crippen molar-refractivity contribution in [2.45, 2.75) is 19.5 Å². The Morgan fingerprint density at radius 1 is 1.26 bits per heavy atom. The topological polar surface area (TPSA) is 105 Å². The monoisotopic (exact) mass is 553 g/mol. The van der Waals surface area contributed by atoms with E-state index in [2.05, 4.69) is 4.98 Å². The Bertz CT molecular complexity index is 841. The number of aromatic amines is 1. The average Bonchev–Trinajstić information content (AvgIpc) is 2.48. The zero-order valence-electron chi connectivity index (χ0n) is 14.5. The zero-order chi connectivity index (χ0) is 19.4. The van der Waals surface area contributed by atoms with Crippen LogP contribution in [0.2, 0.25) is 0 Å². The Hall–Kier alpha value is 1.22. The summed E-state index contributed by atoms with van der Waals surface area (Å²) < 4.78 is 57.3. The standard InChI is InChI=1S/C13H10F4INO2.CH2O3.2K/c1-2-5-21-7-4-3-6(14)8-10(7)19-12(13(15,16)17)9(18)11(8)20;2-1(3)4;;/h3-4H,2,5H2,1H3,(H,19,20);(H2,2,3,4);;/q;;2*+1/p-2. The molecule has 0 spiro atoms. The van der Waals surface area contributed by atoms with E-state index in [1.807, 2.05) is 6.92 Å². The van der Waals surface area contributed by atoms with Gasteiger partial charge in [0.15, 0.2) is 0 Å². The number of fused-ring (bicyclic) bond motifs is 1. The number of hydrogen-bond donors (Lipinski definition) is 1. The Balaban J connectivity index is 0. The molecule has 1 aromatic heterocycles. The molecule has 1 heterocycles. The second-order valence-corrected chi connectivity index (χ2v) is 5.61. The number of H-pyrrole nitrogens is 1. The van der Waals surface area contributed by atoms with Crippen LogP contribution in [0.25, 0.3) is 10.9 Å². The fraction of sp³-hybridized carbons (Fsp3) is 0.286. The number of carboxylic acid groups (broad SMARTS) is 2. The summed E-state index contributed by atoms with van der Waals surface area (Å²) in [5.41, 5.74) is -2.48. The van der Waals surface area contributed by atoms with Crippen LogP contribution in [-0.2, 0) is 6.18 Å². The van der Waals surface area contributed by atoms with Crippen LogP contribution in [0.3, 0.4) is 0 Å². The molecule has 0 radical (unpaired) electrons. The first-order chi connectivity index (χ1) is 11.5. The molecule has 0 bridgehead atoms. The van der Waals surface area contributed by atoms with Gasteiger partial charge >= 0.3 is 109 Å². The number of benzene rings is 1. The maximum absolute atomic E-state index is 13.8. The number of pyridine rings is 1. The third-order valence-electron chi connectivity index (χ3n) is 2.76. The largest absolute Gasteiger partial charge is 1.00 e. The normalized spacial score (nSPS) is 10.1. The van der Waals surface area contributed by atoms with Crippen LogP contribution in [0.1, 0.15) is 19.0 Å². The zero-order valence-corrected chi connectivity index (χ0v) is 22.9. The molecule has 0 atom stereocenters. The molecule has 0 aliphatic rings. The minimum atomic E-state index is -4.74. The minimum Gasteiger partial charge on any atom is -0.652 e. The second kappa shape index (κ2) is 13.5. The van der Waals surface area contributed by atoms with Gasteiger partial charge in [-0.25, -0.2) is 4.39 Å². The van der Waals surface area contributed by atoms with Gasteiger partial charge in [-0.2, -0.15) is 13.2 Å². The smallest absolute Gasteiger partial charge is 0.652 e. The maximum atomic E-state index is 13.8. The van der Waals surface area contributed by atoms with Crippen LogP contribution in [0.5, 0.6) is 5.75 Å². The van der Waals surface area contributed by atoms with E-state index in [4.69, 9.17) is 19.7 Å². The molecule has 1 N–H and O–H groups in total. The molecule has 0 fully saturated rings. The number of hydrogen-bond acceptors (Lipinski definition) is 5. The molecule has 1 aromatic carbocycles. The molecule has 0 saturated heterocycles. The van der Waals surface area contributed by atoms with Crippen LogP contribution in [-0.4, -0.2) is 17.7 Å². The van der Waals surface area contributed by atoms with Crippen molar-refractivity contribution in [2.24, 2.45) is 0 Å². The Morgan fingerprint density at radius 2 is 1.78 bits per heavy atom. The average molecular weight is 553 g/mol. The molecule has 2 rings (SSSR count). The van der Waals surface area contributed by atoms with Gasteiger partial charge in [-0.15, -0.1) is 0 Å². The van der Waals surface area contributed by atoms with Crippen molar-refractivity contribution in [1.29, 1.82) is 0 Å². The van der Waals surface area contributed by atoms with Gasteiger partial charge in [-0.3, -0.25) is 4.79 Å². The van der Waals surface area contributed by atoms with E-state index >= 15 is 0 Å². The third kappa shape index (κ3) is 8.86. The Kier molecular flexibility index (Phi) is 15.2. The van der Waals surface area contributed by atoms with Crippen molar-refractivity contribution in [3.8, 4) is 5.75 Å². The van der Waals surface area contributed by atoms with Crippen LogP contribution < -0.4 is 123 Å². The number of halogens is 5. The van der Waals surface area contributed by atoms with Gasteiger partial charge < -0.3 is 24.7 Å². The van der Waals surface area contributed by atoms with Gasteiger partial charge in [0.05, 0.1) is 21.1 Å². The van der Waals surface area contributed by atoms with Gasteiger partial charge in [0.1, 0.15) is 17.3 Å². The van der Waals surface area contributed by atoms with Crippen LogP contribution in [0.4, 0.5) is 22.4 Å². The number of rotatable bonds is 3. The predicted octanol–water partition coefficient (Wildman–Crippen LogP) is -4.36. The van der Waals surface area contributed by atoms with Gasteiger partial charge in [-0.05, 0) is 47.3 Å². The summed E-state index contributed by atoms with van der Waals surface area (Å²) in [6.07, 6.45) is -6.45. The van der Waals surface area contributed by atoms with Crippen molar-refractivity contribution in [3.05, 3.63) is 37.4 Å². The molecule has 0 amide bonds. The summed E-state index contributed by atoms with van der Waals surface area (Å²) in [5, 5.41) is 16.2. The number of nitrogens with one attached hydrogen (secondary N) is 1. The van der Waals surface area contributed by atoms with Crippen molar-refractivity contribution in [3.63, 3.8) is 0 Å². The molecule has 6 nitrogen and oxygen atoms in total. The van der Waals surface area contributed by atoms with E-state index < -0.39 is 38.2 Å². The van der Waals surface area contributed by atoms with E-state index in [0.29, 0.717) is 6.42 Å². The first kappa shape index (κ1) is 30.4. The molecular weight excluding hydrogens is 543 g/mol. The van der Waals surface area contributed by atoms with Gasteiger partial charge in [0.2, 0.25) is 5.43 Å². The molecule has 0 unspecified atom stereocenters. The van der Waals surface area contributed by atoms with Crippen molar-refractivity contribution in [2.75, 3.05) is 6.61 Å². The first-order valence-corrected chi connectivity index (χ1v) is 7.70. The number of alkyl halides is 3. The van der Waals surface area contributed by atoms with E-state index in [0.717, 1.165) is 6.07 Å². The quantitative estimate of drug-likeness (QED) is 0.235. The van der Waals surface area contributed by atoms with E-state index in [-0.39, 0.29) is 121 Å². The van der Waals surface area contributed by atoms with E-state index in [9.17, 15) is 22.4 Å². The van der Waals surface area contributed by atoms with Crippen molar-refractivity contribution in [1.82, 2.24) is 4.98 Å². The summed E-state index contributed by atoms with van der Waals surface area (Å²) in [6, 6.07) is 2.21. The fourth-order valence-corrected chi connectivity index (χ4v) is 2.55. The van der Waals surface area contributed by atoms with Crippen LogP contribution in [0.15, 0.2) is 16.9 Å². The minimum absolute atomic E-state index is 0. The van der Waals surface area contributed by atoms with E-state index in [1.54, 1.807) is 0 Å². The molecular formula is C14H10F4IK2NO5. The van der Waals surface area contributed by atoms with Gasteiger partial charge in [-0.1, -0.05) is 6.92 Å². The molecule has 13 heteroatoms. The Morgan fingerprint density at radius 3 is 2.22 bits per heavy atom. The number of carbonyl (C=O) groups is 1. The fourth-order valence-electron chi connectivity index (χ4n) is 1.83. The summed E-state index contributed by atoms with van der Waals surface area (Å²) in [6.45, 7) is 2.06. The third-order valence-corrected chi connectivity index (χ3v) is 3.79. The number of ether oxygens (including phenoxy) is 1. The van der Waals surface area contributed by atoms with Gasteiger partial charge in [0.25, 0.3) is 0 Å². The number of carbonyl (C=O) groups excluding carboxylic acids is 1. The molecule has 0 aliphatic heterocycles. The van der Waals surface area contributed by atoms with E-state index in [1.165, 1.54) is 28.7 Å². The number of aromatic nitrogens is 1. The first-order valence-electron chi connectivity index (χ1n) is 6.62. The molecule has 138 valence electrons. The van der Waals surface area contributed by atoms with Crippen molar-refractivity contribution < 1.29 is 140 Å². The molecule has 2 aromatic rings. The summed E-state index contributed by atoms with van der Waals surface area (Å²) in [5.74, 6) is -0.867. The van der Waals surface area contributed by atoms with Gasteiger partial charge in [0, 0.05) is 0 Å². The van der Waals surface area contributed by atoms with Crippen LogP contribution in [0, 0.1) is 9.39 Å². The Labute approximate surface area is 249 Å². The van der Waals surface area contributed by atoms with Crippen LogP contribution >= 0.6 is 22.6 Å². The summed E-state index contributed by atoms with van der Waals surface area (Å²) in [4.78, 5) is 22.4. The second-order valence-electron chi connectivity index (χ2n) is 4.53. The molecule has 0 aliphatic carbocycles. The summed E-state index contributed by atoms with van der Waals surface area (Å²) in [7, 11) is 0. The van der Waals surface area contributed by atoms with Crippen molar-refractivity contribution >= 4 is 39.6 Å². The summed E-state index contributed by atoms with van der Waals surface area (Å²) >= 11 is 1.26. The predicted molar refractivity (Wildman–Crippen MR) is 83.4 cm³/mol. The maximum Gasteiger partial charge on any atom is 1.00 e.